The van der Waals surface area contributed by atoms with Gasteiger partial charge in [-0.2, -0.15) is 0 Å². The van der Waals surface area contributed by atoms with Crippen molar-refractivity contribution in [2.45, 2.75) is 39.7 Å². The van der Waals surface area contributed by atoms with Crippen molar-refractivity contribution >= 4 is 23.2 Å². The van der Waals surface area contributed by atoms with E-state index < -0.39 is 11.8 Å². The number of halogens is 1. The number of rotatable bonds is 9. The second-order valence-electron chi connectivity index (χ2n) is 5.76. The van der Waals surface area contributed by atoms with Crippen LogP contribution in [0.5, 0.6) is 0 Å². The highest BCUT2D eigenvalue weighted by Crippen LogP contribution is 2.17. The third-order valence-corrected chi connectivity index (χ3v) is 4.62. The standard InChI is InChI=1S/C19H23FN2O3S/c1-3-5-8-11-22(18(23)14-9-6-7-10-15(14)20)12-17-21-16(13-26-17)19(24)25-4-2/h6-7,9-10,13H,3-5,8,11-12H2,1-2H3. The summed E-state index contributed by atoms with van der Waals surface area (Å²) >= 11 is 1.29. The maximum atomic E-state index is 14.0. The number of esters is 1. The van der Waals surface area contributed by atoms with Crippen LogP contribution >= 0.6 is 11.3 Å². The van der Waals surface area contributed by atoms with Gasteiger partial charge in [0.05, 0.1) is 18.7 Å². The van der Waals surface area contributed by atoms with Gasteiger partial charge in [-0.3, -0.25) is 4.79 Å². The Kier molecular flexibility index (Phi) is 7.72. The number of thiazole rings is 1. The number of unbranched alkanes of at least 4 members (excludes halogenated alkanes) is 2. The maximum absolute atomic E-state index is 14.0. The second-order valence-corrected chi connectivity index (χ2v) is 6.70. The summed E-state index contributed by atoms with van der Waals surface area (Å²) in [4.78, 5) is 30.4. The van der Waals surface area contributed by atoms with Crippen molar-refractivity contribution < 1.29 is 18.7 Å². The lowest BCUT2D eigenvalue weighted by molar-refractivity contribution is 0.0520. The number of hydrogen-bond acceptors (Lipinski definition) is 5. The normalized spacial score (nSPS) is 10.6. The zero-order valence-corrected chi connectivity index (χ0v) is 15.9. The molecular weight excluding hydrogens is 355 g/mol. The number of amides is 1. The van der Waals surface area contributed by atoms with E-state index in [9.17, 15) is 14.0 Å². The van der Waals surface area contributed by atoms with Crippen molar-refractivity contribution in [1.29, 1.82) is 0 Å². The van der Waals surface area contributed by atoms with Crippen LogP contribution < -0.4 is 0 Å². The van der Waals surface area contributed by atoms with E-state index in [1.54, 1.807) is 29.3 Å². The number of ether oxygens (including phenoxy) is 1. The van der Waals surface area contributed by atoms with Gasteiger partial charge in [0, 0.05) is 11.9 Å². The minimum Gasteiger partial charge on any atom is -0.461 e. The Labute approximate surface area is 156 Å². The van der Waals surface area contributed by atoms with Crippen LogP contribution in [0.4, 0.5) is 4.39 Å². The van der Waals surface area contributed by atoms with E-state index >= 15 is 0 Å². The van der Waals surface area contributed by atoms with Crippen molar-refractivity contribution in [2.24, 2.45) is 0 Å². The molecule has 0 saturated heterocycles. The zero-order chi connectivity index (χ0) is 18.9. The van der Waals surface area contributed by atoms with Crippen LogP contribution in [0.3, 0.4) is 0 Å². The number of carbonyl (C=O) groups excluding carboxylic acids is 2. The van der Waals surface area contributed by atoms with Crippen LogP contribution in [0, 0.1) is 5.82 Å². The fraction of sp³-hybridized carbons (Fsp3) is 0.421. The molecule has 0 radical (unpaired) electrons. The van der Waals surface area contributed by atoms with Crippen molar-refractivity contribution in [1.82, 2.24) is 9.88 Å². The Bertz CT molecular complexity index is 748. The number of aromatic nitrogens is 1. The molecule has 0 aliphatic heterocycles. The van der Waals surface area contributed by atoms with Gasteiger partial charge in [0.1, 0.15) is 10.8 Å². The van der Waals surface area contributed by atoms with Gasteiger partial charge in [-0.05, 0) is 25.5 Å². The van der Waals surface area contributed by atoms with E-state index in [4.69, 9.17) is 4.74 Å². The Morgan fingerprint density at radius 3 is 2.69 bits per heavy atom. The molecule has 1 heterocycles. The third kappa shape index (κ3) is 5.36. The fourth-order valence-corrected chi connectivity index (χ4v) is 3.23. The molecule has 0 fully saturated rings. The van der Waals surface area contributed by atoms with Crippen LogP contribution in [-0.2, 0) is 11.3 Å². The molecule has 26 heavy (non-hydrogen) atoms. The summed E-state index contributed by atoms with van der Waals surface area (Å²) in [5.41, 5.74) is 0.282. The van der Waals surface area contributed by atoms with Crippen LogP contribution in [0.2, 0.25) is 0 Å². The summed E-state index contributed by atoms with van der Waals surface area (Å²) in [5.74, 6) is -1.38. The number of benzene rings is 1. The molecule has 2 rings (SSSR count). The highest BCUT2D eigenvalue weighted by molar-refractivity contribution is 7.09. The Morgan fingerprint density at radius 1 is 1.23 bits per heavy atom. The van der Waals surface area contributed by atoms with Gasteiger partial charge >= 0.3 is 5.97 Å². The summed E-state index contributed by atoms with van der Waals surface area (Å²) in [5, 5.41) is 2.24. The SMILES string of the molecule is CCCCCN(Cc1nc(C(=O)OCC)cs1)C(=O)c1ccccc1F. The summed E-state index contributed by atoms with van der Waals surface area (Å²) in [7, 11) is 0. The average Bonchev–Trinajstić information content (AvgIpc) is 3.10. The first-order chi connectivity index (χ1) is 12.6. The van der Waals surface area contributed by atoms with Crippen LogP contribution in [0.1, 0.15) is 59.0 Å². The van der Waals surface area contributed by atoms with Crippen molar-refractivity contribution in [2.75, 3.05) is 13.2 Å². The number of nitrogens with zero attached hydrogens (tertiary/aromatic N) is 2. The minimum absolute atomic E-state index is 0.0474. The Morgan fingerprint density at radius 2 is 2.00 bits per heavy atom. The zero-order valence-electron chi connectivity index (χ0n) is 15.0. The molecule has 1 amide bonds. The van der Waals surface area contributed by atoms with Gasteiger partial charge in [-0.25, -0.2) is 14.2 Å². The monoisotopic (exact) mass is 378 g/mol. The highest BCUT2D eigenvalue weighted by atomic mass is 32.1. The quantitative estimate of drug-likeness (QED) is 0.482. The molecular formula is C19H23FN2O3S. The van der Waals surface area contributed by atoms with Crippen molar-refractivity contribution in [3.05, 3.63) is 51.7 Å². The molecule has 1 aromatic carbocycles. The third-order valence-electron chi connectivity index (χ3n) is 3.79. The maximum Gasteiger partial charge on any atom is 0.357 e. The van der Waals surface area contributed by atoms with Crippen molar-refractivity contribution in [3.63, 3.8) is 0 Å². The van der Waals surface area contributed by atoms with Crippen molar-refractivity contribution in [3.8, 4) is 0 Å². The molecule has 1 aromatic heterocycles. The summed E-state index contributed by atoms with van der Waals surface area (Å²) in [6, 6.07) is 5.96. The first-order valence-corrected chi connectivity index (χ1v) is 9.60. The molecule has 0 aliphatic rings. The Hall–Kier alpha value is -2.28. The molecule has 0 atom stereocenters. The van der Waals surface area contributed by atoms with E-state index in [1.807, 2.05) is 0 Å². The number of carbonyl (C=O) groups is 2. The van der Waals surface area contributed by atoms with Gasteiger partial charge in [0.25, 0.3) is 5.91 Å². The van der Waals surface area contributed by atoms with Crippen LogP contribution in [0.15, 0.2) is 29.6 Å². The molecule has 2 aromatic rings. The smallest absolute Gasteiger partial charge is 0.357 e. The Balaban J connectivity index is 2.15. The van der Waals surface area contributed by atoms with Gasteiger partial charge in [-0.15, -0.1) is 11.3 Å². The molecule has 0 N–H and O–H groups in total. The average molecular weight is 378 g/mol. The van der Waals surface area contributed by atoms with Gasteiger partial charge in [0.2, 0.25) is 0 Å². The highest BCUT2D eigenvalue weighted by Gasteiger charge is 2.21. The van der Waals surface area contributed by atoms with Gasteiger partial charge < -0.3 is 9.64 Å². The van der Waals surface area contributed by atoms with Crippen LogP contribution in [-0.4, -0.2) is 34.9 Å². The lowest BCUT2D eigenvalue weighted by Crippen LogP contribution is -2.32. The predicted octanol–water partition coefficient (Wildman–Crippen LogP) is 4.29. The van der Waals surface area contributed by atoms with Gasteiger partial charge in [0.15, 0.2) is 5.69 Å². The molecule has 0 bridgehead atoms. The predicted molar refractivity (Wildman–Crippen MR) is 98.7 cm³/mol. The fourth-order valence-electron chi connectivity index (χ4n) is 2.46. The molecule has 0 aliphatic carbocycles. The minimum atomic E-state index is -0.538. The first-order valence-electron chi connectivity index (χ1n) is 8.72. The number of hydrogen-bond donors (Lipinski definition) is 0. The molecule has 0 unspecified atom stereocenters. The van der Waals surface area contributed by atoms with E-state index in [2.05, 4.69) is 11.9 Å². The van der Waals surface area contributed by atoms with E-state index in [0.29, 0.717) is 11.6 Å². The second kappa shape index (κ2) is 10.0. The van der Waals surface area contributed by atoms with Crippen LogP contribution in [0.25, 0.3) is 0 Å². The van der Waals surface area contributed by atoms with E-state index in [0.717, 1.165) is 19.3 Å². The lowest BCUT2D eigenvalue weighted by Gasteiger charge is -2.22. The summed E-state index contributed by atoms with van der Waals surface area (Å²) < 4.78 is 18.9. The molecule has 140 valence electrons. The topological polar surface area (TPSA) is 59.5 Å². The summed E-state index contributed by atoms with van der Waals surface area (Å²) in [6.45, 7) is 4.83. The molecule has 7 heteroatoms. The largest absolute Gasteiger partial charge is 0.461 e. The van der Waals surface area contributed by atoms with E-state index in [1.165, 1.54) is 23.5 Å². The molecule has 5 nitrogen and oxygen atoms in total. The first kappa shape index (κ1) is 20.0. The van der Waals surface area contributed by atoms with E-state index in [-0.39, 0.29) is 30.3 Å². The lowest BCUT2D eigenvalue weighted by atomic mass is 10.1. The molecule has 0 saturated carbocycles. The molecule has 0 spiro atoms. The summed E-state index contributed by atoms with van der Waals surface area (Å²) in [6.07, 6.45) is 2.83. The van der Waals surface area contributed by atoms with Gasteiger partial charge in [-0.1, -0.05) is 31.9 Å².